The maximum atomic E-state index is 13.7. The maximum absolute atomic E-state index is 13.7. The van der Waals surface area contributed by atoms with E-state index in [0.717, 1.165) is 0 Å². The monoisotopic (exact) mass is 395 g/mol. The Morgan fingerprint density at radius 3 is 2.54 bits per heavy atom. The predicted octanol–water partition coefficient (Wildman–Crippen LogP) is 3.42. The highest BCUT2D eigenvalue weighted by Crippen LogP contribution is 2.40. The Hall–Kier alpha value is -3.05. The number of nitrogens with one attached hydrogen (secondary N) is 1. The van der Waals surface area contributed by atoms with Crippen LogP contribution < -0.4 is 10.0 Å². The number of nitriles is 1. The van der Waals surface area contributed by atoms with Gasteiger partial charge in [0.15, 0.2) is 0 Å². The Kier molecular flexibility index (Phi) is 4.69. The number of benzene rings is 1. The van der Waals surface area contributed by atoms with Crippen LogP contribution in [0.25, 0.3) is 11.0 Å². The van der Waals surface area contributed by atoms with Crippen LogP contribution in [0.15, 0.2) is 53.7 Å². The molecule has 1 aliphatic carbocycles. The van der Waals surface area contributed by atoms with Crippen molar-refractivity contribution in [2.75, 3.05) is 10.0 Å². The Morgan fingerprint density at radius 2 is 1.86 bits per heavy atom. The molecule has 3 N–H and O–H groups in total. The average molecular weight is 395 g/mol. The van der Waals surface area contributed by atoms with Crippen LogP contribution in [-0.2, 0) is 10.0 Å². The van der Waals surface area contributed by atoms with Gasteiger partial charge < -0.3 is 10.7 Å². The molecular formula is C20H21N5O2S. The van der Waals surface area contributed by atoms with Gasteiger partial charge in [-0.25, -0.2) is 13.4 Å². The van der Waals surface area contributed by atoms with Gasteiger partial charge in [0.25, 0.3) is 10.0 Å². The molecule has 0 atom stereocenters. The Morgan fingerprint density at radius 1 is 1.14 bits per heavy atom. The van der Waals surface area contributed by atoms with Crippen molar-refractivity contribution in [3.63, 3.8) is 0 Å². The number of nitrogen functional groups attached to an aromatic ring is 1. The molecule has 1 saturated carbocycles. The number of sulfonamides is 1. The van der Waals surface area contributed by atoms with E-state index in [4.69, 9.17) is 5.73 Å². The van der Waals surface area contributed by atoms with Gasteiger partial charge >= 0.3 is 0 Å². The number of fused-ring (bicyclic) bond motifs is 1. The topological polar surface area (TPSA) is 116 Å². The van der Waals surface area contributed by atoms with E-state index >= 15 is 0 Å². The molecule has 2 heterocycles. The summed E-state index contributed by atoms with van der Waals surface area (Å²) in [6.07, 6.45) is 5.77. The summed E-state index contributed by atoms with van der Waals surface area (Å²) in [6.45, 7) is 0. The van der Waals surface area contributed by atoms with Crippen molar-refractivity contribution in [1.82, 2.24) is 9.97 Å². The molecule has 2 aromatic heterocycles. The highest BCUT2D eigenvalue weighted by Gasteiger charge is 2.36. The van der Waals surface area contributed by atoms with Crippen LogP contribution >= 0.6 is 0 Å². The zero-order valence-electron chi connectivity index (χ0n) is 15.2. The van der Waals surface area contributed by atoms with E-state index in [1.807, 2.05) is 0 Å². The van der Waals surface area contributed by atoms with E-state index in [0.29, 0.717) is 48.1 Å². The van der Waals surface area contributed by atoms with E-state index in [1.165, 1.54) is 10.5 Å². The van der Waals surface area contributed by atoms with Crippen molar-refractivity contribution in [2.45, 2.75) is 36.6 Å². The van der Waals surface area contributed by atoms with Crippen molar-refractivity contribution in [3.05, 3.63) is 48.8 Å². The van der Waals surface area contributed by atoms with Gasteiger partial charge in [0.05, 0.1) is 28.5 Å². The van der Waals surface area contributed by atoms with Crippen molar-refractivity contribution < 1.29 is 8.42 Å². The molecule has 144 valence electrons. The predicted molar refractivity (Wildman–Crippen MR) is 108 cm³/mol. The summed E-state index contributed by atoms with van der Waals surface area (Å²) in [5.74, 6) is -0.0282. The zero-order valence-corrected chi connectivity index (χ0v) is 16.1. The molecule has 0 spiro atoms. The second-order valence-corrected chi connectivity index (χ2v) is 8.87. The van der Waals surface area contributed by atoms with Gasteiger partial charge in [0, 0.05) is 23.5 Å². The summed E-state index contributed by atoms with van der Waals surface area (Å²) in [6, 6.07) is 12.2. The molecule has 0 amide bonds. The summed E-state index contributed by atoms with van der Waals surface area (Å²) < 4.78 is 28.8. The van der Waals surface area contributed by atoms with Crippen LogP contribution in [0, 0.1) is 17.2 Å². The molecule has 3 aromatic rings. The first kappa shape index (κ1) is 18.3. The smallest absolute Gasteiger partial charge is 0.264 e. The zero-order chi connectivity index (χ0) is 19.7. The fraction of sp³-hybridized carbons (Fsp3) is 0.300. The Labute approximate surface area is 163 Å². The summed E-state index contributed by atoms with van der Waals surface area (Å²) in [4.78, 5) is 7.50. The SMILES string of the molecule is N#CC1CCC(N(c2c(N)cnc3[nH]ccc23)S(=O)(=O)c2ccccc2)CC1. The number of hydrogen-bond donors (Lipinski definition) is 2. The van der Waals surface area contributed by atoms with Gasteiger partial charge in [-0.3, -0.25) is 4.31 Å². The van der Waals surface area contributed by atoms with Gasteiger partial charge in [-0.05, 0) is 43.9 Å². The minimum Gasteiger partial charge on any atom is -0.396 e. The number of aromatic amines is 1. The molecule has 0 saturated heterocycles. The molecule has 1 fully saturated rings. The maximum Gasteiger partial charge on any atom is 0.264 e. The molecule has 1 aliphatic rings. The van der Waals surface area contributed by atoms with E-state index in [2.05, 4.69) is 16.0 Å². The Balaban J connectivity index is 1.89. The van der Waals surface area contributed by atoms with Crippen molar-refractivity contribution in [3.8, 4) is 6.07 Å². The molecule has 28 heavy (non-hydrogen) atoms. The first-order chi connectivity index (χ1) is 13.5. The first-order valence-electron chi connectivity index (χ1n) is 9.23. The van der Waals surface area contributed by atoms with Gasteiger partial charge in [0.2, 0.25) is 0 Å². The van der Waals surface area contributed by atoms with Gasteiger partial charge in [-0.1, -0.05) is 18.2 Å². The number of rotatable bonds is 4. The third-order valence-corrected chi connectivity index (χ3v) is 7.18. The fourth-order valence-corrected chi connectivity index (χ4v) is 5.68. The minimum absolute atomic E-state index is 0.0282. The molecule has 0 bridgehead atoms. The molecular weight excluding hydrogens is 374 g/mol. The molecule has 8 heteroatoms. The summed E-state index contributed by atoms with van der Waals surface area (Å²) in [5.41, 5.74) is 7.60. The number of pyridine rings is 1. The molecule has 1 aromatic carbocycles. The van der Waals surface area contributed by atoms with E-state index in [-0.39, 0.29) is 16.9 Å². The molecule has 0 unspecified atom stereocenters. The van der Waals surface area contributed by atoms with Gasteiger partial charge in [0.1, 0.15) is 5.65 Å². The van der Waals surface area contributed by atoms with Crippen LogP contribution in [-0.4, -0.2) is 24.4 Å². The highest BCUT2D eigenvalue weighted by atomic mass is 32.2. The minimum atomic E-state index is -3.84. The second kappa shape index (κ2) is 7.17. The molecule has 0 radical (unpaired) electrons. The second-order valence-electron chi connectivity index (χ2n) is 7.05. The van der Waals surface area contributed by atoms with Crippen LogP contribution in [0.4, 0.5) is 11.4 Å². The highest BCUT2D eigenvalue weighted by molar-refractivity contribution is 7.93. The number of anilines is 2. The standard InChI is InChI=1S/C20H21N5O2S/c21-12-14-6-8-15(9-7-14)25(28(26,27)16-4-2-1-3-5-16)19-17-10-11-23-20(17)24-13-18(19)22/h1-5,10-11,13-15H,6-9,22H2,(H,23,24). The first-order valence-corrected chi connectivity index (χ1v) is 10.7. The lowest BCUT2D eigenvalue weighted by Crippen LogP contribution is -2.43. The van der Waals surface area contributed by atoms with Gasteiger partial charge in [-0.2, -0.15) is 5.26 Å². The number of hydrogen-bond acceptors (Lipinski definition) is 5. The van der Waals surface area contributed by atoms with E-state index in [1.54, 1.807) is 42.6 Å². The summed E-state index contributed by atoms with van der Waals surface area (Å²) in [5, 5.41) is 9.88. The lowest BCUT2D eigenvalue weighted by molar-refractivity contribution is 0.381. The van der Waals surface area contributed by atoms with Crippen LogP contribution in [0.2, 0.25) is 0 Å². The summed E-state index contributed by atoms with van der Waals surface area (Å²) in [7, 11) is -3.84. The van der Waals surface area contributed by atoms with Gasteiger partial charge in [-0.15, -0.1) is 0 Å². The molecule has 0 aliphatic heterocycles. The summed E-state index contributed by atoms with van der Waals surface area (Å²) >= 11 is 0. The lowest BCUT2D eigenvalue weighted by Gasteiger charge is -2.37. The van der Waals surface area contributed by atoms with Crippen LogP contribution in [0.5, 0.6) is 0 Å². The largest absolute Gasteiger partial charge is 0.396 e. The third kappa shape index (κ3) is 3.08. The normalized spacial score (nSPS) is 20.0. The van der Waals surface area contributed by atoms with Crippen LogP contribution in [0.1, 0.15) is 25.7 Å². The molecule has 4 rings (SSSR count). The number of aromatic nitrogens is 2. The molecule has 7 nitrogen and oxygen atoms in total. The van der Waals surface area contributed by atoms with E-state index in [9.17, 15) is 13.7 Å². The van der Waals surface area contributed by atoms with Crippen LogP contribution in [0.3, 0.4) is 0 Å². The number of nitrogens with two attached hydrogens (primary N) is 1. The fourth-order valence-electron chi connectivity index (χ4n) is 3.90. The van der Waals surface area contributed by atoms with Crippen molar-refractivity contribution in [1.29, 1.82) is 5.26 Å². The Bertz CT molecular complexity index is 1130. The average Bonchev–Trinajstić information content (AvgIpc) is 3.20. The van der Waals surface area contributed by atoms with Crippen molar-refractivity contribution >= 4 is 32.4 Å². The number of H-pyrrole nitrogens is 1. The number of nitrogens with zero attached hydrogens (tertiary/aromatic N) is 3. The lowest BCUT2D eigenvalue weighted by atomic mass is 9.87. The third-order valence-electron chi connectivity index (χ3n) is 5.32. The van der Waals surface area contributed by atoms with Crippen molar-refractivity contribution in [2.24, 2.45) is 5.92 Å². The quantitative estimate of drug-likeness (QED) is 0.702. The van der Waals surface area contributed by atoms with E-state index < -0.39 is 10.0 Å².